The largest absolute Gasteiger partial charge is 0.476 e. The minimum absolute atomic E-state index is 0.446. The Morgan fingerprint density at radius 3 is 1.97 bits per heavy atom. The quantitative estimate of drug-likeness (QED) is 0.401. The molecule has 0 fully saturated rings. The van der Waals surface area contributed by atoms with Gasteiger partial charge in [0.15, 0.2) is 5.69 Å². The number of nitrogens with zero attached hydrogens (tertiary/aromatic N) is 2. The van der Waals surface area contributed by atoms with Gasteiger partial charge in [-0.1, -0.05) is 5.16 Å². The summed E-state index contributed by atoms with van der Waals surface area (Å²) in [6, 6.07) is 0. The number of nitrogens with two attached hydrogens (primary N) is 1. The smallest absolute Gasteiger partial charge is 0.395 e. The molecule has 29 heavy (non-hydrogen) atoms. The van der Waals surface area contributed by atoms with Crippen molar-refractivity contribution in [2.24, 2.45) is 5.16 Å². The number of oxime groups is 1. The van der Waals surface area contributed by atoms with Crippen LogP contribution in [-0.2, 0) is 23.9 Å². The Bertz CT molecular complexity index is 825. The van der Waals surface area contributed by atoms with Crippen LogP contribution < -0.4 is 5.73 Å². The van der Waals surface area contributed by atoms with Gasteiger partial charge < -0.3 is 29.6 Å². The monoisotopic (exact) mass is 413 g/mol. The summed E-state index contributed by atoms with van der Waals surface area (Å²) in [6.45, 7) is 12.6. The van der Waals surface area contributed by atoms with Crippen molar-refractivity contribution in [3.8, 4) is 0 Å². The zero-order valence-electron chi connectivity index (χ0n) is 17.8. The maximum atomic E-state index is 12.2. The molecule has 11 heteroatoms. The van der Waals surface area contributed by atoms with Crippen LogP contribution >= 0.6 is 0 Å². The van der Waals surface area contributed by atoms with E-state index in [1.54, 1.807) is 41.5 Å². The van der Waals surface area contributed by atoms with Crippen LogP contribution in [0.4, 0.5) is 5.88 Å². The van der Waals surface area contributed by atoms with Crippen molar-refractivity contribution in [2.45, 2.75) is 72.2 Å². The highest BCUT2D eigenvalue weighted by molar-refractivity contribution is 6.42. The highest BCUT2D eigenvalue weighted by atomic mass is 16.7. The number of anilines is 1. The lowest BCUT2D eigenvalue weighted by atomic mass is 10.1. The SMILES string of the molecule is CC(C)(C)OC(=O)c1nc(/C(=N/OC(C)(C)C(=O)OC(C)(C)C)C(=O)O)c(N)o1. The molecule has 0 aliphatic carbocycles. The van der Waals surface area contributed by atoms with Crippen LogP contribution in [0.15, 0.2) is 9.57 Å². The first-order valence-electron chi connectivity index (χ1n) is 8.66. The minimum atomic E-state index is -1.61. The van der Waals surface area contributed by atoms with E-state index >= 15 is 0 Å². The van der Waals surface area contributed by atoms with E-state index < -0.39 is 57.9 Å². The third kappa shape index (κ3) is 7.09. The number of carbonyl (C=O) groups excluding carboxylic acids is 2. The number of aromatic nitrogens is 1. The van der Waals surface area contributed by atoms with Gasteiger partial charge in [0, 0.05) is 0 Å². The highest BCUT2D eigenvalue weighted by Gasteiger charge is 2.36. The number of ether oxygens (including phenoxy) is 2. The van der Waals surface area contributed by atoms with Crippen molar-refractivity contribution in [3.05, 3.63) is 11.6 Å². The molecule has 0 saturated carbocycles. The summed E-state index contributed by atoms with van der Waals surface area (Å²) in [7, 11) is 0. The Morgan fingerprint density at radius 2 is 1.52 bits per heavy atom. The van der Waals surface area contributed by atoms with Gasteiger partial charge in [-0.25, -0.2) is 14.4 Å². The van der Waals surface area contributed by atoms with Crippen molar-refractivity contribution >= 4 is 29.5 Å². The van der Waals surface area contributed by atoms with Gasteiger partial charge in [-0.15, -0.1) is 0 Å². The van der Waals surface area contributed by atoms with E-state index in [1.807, 2.05) is 0 Å². The average molecular weight is 413 g/mol. The van der Waals surface area contributed by atoms with E-state index in [1.165, 1.54) is 13.8 Å². The van der Waals surface area contributed by atoms with Crippen LogP contribution in [0.1, 0.15) is 71.8 Å². The molecule has 1 heterocycles. The van der Waals surface area contributed by atoms with E-state index in [9.17, 15) is 19.5 Å². The predicted molar refractivity (Wildman–Crippen MR) is 101 cm³/mol. The predicted octanol–water partition coefficient (Wildman–Crippen LogP) is 2.14. The number of aliphatic carboxylic acids is 1. The molecule has 0 bridgehead atoms. The third-order valence-corrected chi connectivity index (χ3v) is 2.91. The molecule has 0 aliphatic heterocycles. The number of esters is 2. The minimum Gasteiger partial charge on any atom is -0.476 e. The Kier molecular flexibility index (Phi) is 6.68. The zero-order valence-corrected chi connectivity index (χ0v) is 17.8. The van der Waals surface area contributed by atoms with Crippen LogP contribution in [-0.4, -0.2) is 50.5 Å². The Morgan fingerprint density at radius 1 is 1.00 bits per heavy atom. The molecule has 0 atom stereocenters. The lowest BCUT2D eigenvalue weighted by Crippen LogP contribution is -2.40. The van der Waals surface area contributed by atoms with Crippen LogP contribution in [0.5, 0.6) is 0 Å². The number of carbonyl (C=O) groups is 3. The normalized spacial score (nSPS) is 13.0. The standard InChI is InChI=1S/C18H27N3O8/c1-16(2,3)27-14(24)12-20-9(11(19)26-12)10(13(22)23)21-29-18(7,8)15(25)28-17(4,5)6/h19H2,1-8H3,(H,22,23)/b21-10-. The number of hydrogen-bond donors (Lipinski definition) is 2. The van der Waals surface area contributed by atoms with Gasteiger partial charge in [0.05, 0.1) is 0 Å². The maximum absolute atomic E-state index is 12.2. The van der Waals surface area contributed by atoms with E-state index in [2.05, 4.69) is 10.1 Å². The average Bonchev–Trinajstić information content (AvgIpc) is 2.85. The Labute approximate surface area is 168 Å². The number of oxazole rings is 1. The fourth-order valence-electron chi connectivity index (χ4n) is 1.69. The number of nitrogen functional groups attached to an aromatic ring is 1. The molecule has 162 valence electrons. The first-order valence-corrected chi connectivity index (χ1v) is 8.66. The van der Waals surface area contributed by atoms with E-state index in [0.29, 0.717) is 0 Å². The summed E-state index contributed by atoms with van der Waals surface area (Å²) in [4.78, 5) is 44.7. The van der Waals surface area contributed by atoms with Crippen LogP contribution in [0, 0.1) is 0 Å². The summed E-state index contributed by atoms with van der Waals surface area (Å²) in [6.07, 6.45) is 0. The fourth-order valence-corrected chi connectivity index (χ4v) is 1.69. The van der Waals surface area contributed by atoms with Crippen molar-refractivity contribution in [3.63, 3.8) is 0 Å². The lowest BCUT2D eigenvalue weighted by molar-refractivity contribution is -0.179. The van der Waals surface area contributed by atoms with Gasteiger partial charge >= 0.3 is 23.8 Å². The van der Waals surface area contributed by atoms with E-state index in [-0.39, 0.29) is 0 Å². The van der Waals surface area contributed by atoms with Gasteiger partial charge in [0.25, 0.3) is 0 Å². The Balaban J connectivity index is 3.17. The second kappa shape index (κ2) is 8.10. The van der Waals surface area contributed by atoms with Gasteiger partial charge in [-0.05, 0) is 55.4 Å². The maximum Gasteiger partial charge on any atom is 0.395 e. The molecule has 1 aromatic heterocycles. The third-order valence-electron chi connectivity index (χ3n) is 2.91. The first-order chi connectivity index (χ1) is 12.9. The summed E-state index contributed by atoms with van der Waals surface area (Å²) >= 11 is 0. The molecule has 1 aromatic rings. The van der Waals surface area contributed by atoms with Crippen LogP contribution in [0.2, 0.25) is 0 Å². The number of carboxylic acids is 1. The molecular weight excluding hydrogens is 386 g/mol. The molecule has 3 N–H and O–H groups in total. The topological polar surface area (TPSA) is 164 Å². The summed E-state index contributed by atoms with van der Waals surface area (Å²) in [5.74, 6) is -4.30. The van der Waals surface area contributed by atoms with Gasteiger partial charge in [0.2, 0.25) is 17.2 Å². The van der Waals surface area contributed by atoms with Crippen LogP contribution in [0.3, 0.4) is 0 Å². The van der Waals surface area contributed by atoms with Crippen molar-refractivity contribution in [1.82, 2.24) is 4.98 Å². The molecule has 0 spiro atoms. The second-order valence-corrected chi connectivity index (χ2v) is 8.58. The molecule has 0 saturated heterocycles. The van der Waals surface area contributed by atoms with Gasteiger partial charge in [0.1, 0.15) is 11.2 Å². The van der Waals surface area contributed by atoms with Gasteiger partial charge in [-0.3, -0.25) is 0 Å². The number of carboxylic acid groups (broad SMARTS) is 1. The van der Waals surface area contributed by atoms with Crippen molar-refractivity contribution in [1.29, 1.82) is 0 Å². The molecule has 0 radical (unpaired) electrons. The number of rotatable bonds is 6. The molecule has 0 amide bonds. The second-order valence-electron chi connectivity index (χ2n) is 8.58. The molecule has 11 nitrogen and oxygen atoms in total. The molecule has 0 aliphatic rings. The van der Waals surface area contributed by atoms with Crippen LogP contribution in [0.25, 0.3) is 0 Å². The lowest BCUT2D eigenvalue weighted by Gasteiger charge is -2.26. The zero-order chi connectivity index (χ0) is 22.8. The van der Waals surface area contributed by atoms with E-state index in [4.69, 9.17) is 24.5 Å². The van der Waals surface area contributed by atoms with Crippen molar-refractivity contribution in [2.75, 3.05) is 5.73 Å². The Hall–Kier alpha value is -3.11. The summed E-state index contributed by atoms with van der Waals surface area (Å²) in [5, 5.41) is 12.9. The first kappa shape index (κ1) is 23.9. The van der Waals surface area contributed by atoms with Gasteiger partial charge in [-0.2, -0.15) is 4.98 Å². The molecule has 0 aromatic carbocycles. The molecular formula is C18H27N3O8. The molecule has 0 unspecified atom stereocenters. The van der Waals surface area contributed by atoms with E-state index in [0.717, 1.165) is 0 Å². The van der Waals surface area contributed by atoms with Crippen molar-refractivity contribution < 1.29 is 38.2 Å². The summed E-state index contributed by atoms with van der Waals surface area (Å²) in [5.41, 5.74) is 1.20. The fraction of sp³-hybridized carbons (Fsp3) is 0.611. The molecule has 1 rings (SSSR count). The number of hydrogen-bond acceptors (Lipinski definition) is 10. The highest BCUT2D eigenvalue weighted by Crippen LogP contribution is 2.21. The summed E-state index contributed by atoms with van der Waals surface area (Å²) < 4.78 is 15.3.